The van der Waals surface area contributed by atoms with Crippen LogP contribution in [-0.4, -0.2) is 19.3 Å². The van der Waals surface area contributed by atoms with Crippen molar-refractivity contribution in [2.45, 2.75) is 30.5 Å². The number of nitrogens with zero attached hydrogens (tertiary/aromatic N) is 1. The minimum atomic E-state index is -4.44. The van der Waals surface area contributed by atoms with Crippen LogP contribution in [-0.2, 0) is 21.7 Å². The van der Waals surface area contributed by atoms with Gasteiger partial charge in [-0.15, -0.1) is 11.3 Å². The maximum atomic E-state index is 12.7. The molecular formula is C20H18F3N3O3S2. The highest BCUT2D eigenvalue weighted by Gasteiger charge is 2.31. The second kappa shape index (κ2) is 8.31. The Labute approximate surface area is 181 Å². The average Bonchev–Trinajstić information content (AvgIpc) is 3.19. The van der Waals surface area contributed by atoms with Gasteiger partial charge in [-0.3, -0.25) is 9.52 Å². The third-order valence-electron chi connectivity index (χ3n) is 4.44. The molecule has 1 heterocycles. The molecule has 0 saturated carbocycles. The van der Waals surface area contributed by atoms with E-state index in [2.05, 4.69) is 15.0 Å². The van der Waals surface area contributed by atoms with Crippen LogP contribution in [0.5, 0.6) is 0 Å². The quantitative estimate of drug-likeness (QED) is 0.551. The lowest BCUT2D eigenvalue weighted by molar-refractivity contribution is -0.137. The summed E-state index contributed by atoms with van der Waals surface area (Å²) in [5.74, 6) is -0.498. The molecule has 0 aliphatic carbocycles. The summed E-state index contributed by atoms with van der Waals surface area (Å²) in [5.41, 5.74) is -1.05. The van der Waals surface area contributed by atoms with Gasteiger partial charge in [-0.1, -0.05) is 12.1 Å². The van der Waals surface area contributed by atoms with Crippen LogP contribution >= 0.6 is 11.3 Å². The zero-order chi connectivity index (χ0) is 22.9. The number of thiazole rings is 1. The molecule has 0 fully saturated rings. The zero-order valence-corrected chi connectivity index (χ0v) is 18.0. The second-order valence-electron chi connectivity index (χ2n) is 7.12. The summed E-state index contributed by atoms with van der Waals surface area (Å²) in [5, 5.41) is 4.60. The van der Waals surface area contributed by atoms with Gasteiger partial charge < -0.3 is 5.32 Å². The lowest BCUT2D eigenvalue weighted by Crippen LogP contribution is -2.41. The summed E-state index contributed by atoms with van der Waals surface area (Å²) in [7, 11) is -3.85. The maximum absolute atomic E-state index is 12.7. The predicted molar refractivity (Wildman–Crippen MR) is 111 cm³/mol. The number of rotatable bonds is 6. The summed E-state index contributed by atoms with van der Waals surface area (Å²) in [6.07, 6.45) is -2.98. The van der Waals surface area contributed by atoms with E-state index in [-0.39, 0.29) is 15.6 Å². The van der Waals surface area contributed by atoms with Gasteiger partial charge in [-0.25, -0.2) is 13.4 Å². The van der Waals surface area contributed by atoms with E-state index >= 15 is 0 Å². The summed E-state index contributed by atoms with van der Waals surface area (Å²) in [6, 6.07) is 9.82. The number of carbonyl (C=O) groups is 1. The number of nitrogens with one attached hydrogen (secondary N) is 2. The number of carbonyl (C=O) groups excluding carboxylic acids is 1. The van der Waals surface area contributed by atoms with Gasteiger partial charge in [0.2, 0.25) is 0 Å². The molecule has 164 valence electrons. The molecule has 0 radical (unpaired) electrons. The molecule has 0 atom stereocenters. The van der Waals surface area contributed by atoms with Gasteiger partial charge in [0.05, 0.1) is 16.0 Å². The van der Waals surface area contributed by atoms with Crippen molar-refractivity contribution in [3.05, 3.63) is 76.8 Å². The Morgan fingerprint density at radius 3 is 2.06 bits per heavy atom. The fourth-order valence-electron chi connectivity index (χ4n) is 2.74. The normalized spacial score (nSPS) is 12.4. The highest BCUT2D eigenvalue weighted by molar-refractivity contribution is 7.93. The number of aromatic nitrogens is 1. The van der Waals surface area contributed by atoms with Crippen LogP contribution in [0.4, 0.5) is 18.3 Å². The molecule has 3 aromatic rings. The van der Waals surface area contributed by atoms with Crippen molar-refractivity contribution in [3.63, 3.8) is 0 Å². The highest BCUT2D eigenvalue weighted by Crippen LogP contribution is 2.31. The van der Waals surface area contributed by atoms with Crippen molar-refractivity contribution in [3.8, 4) is 0 Å². The molecular weight excluding hydrogens is 451 g/mol. The summed E-state index contributed by atoms with van der Waals surface area (Å²) >= 11 is 1.13. The Morgan fingerprint density at radius 2 is 1.55 bits per heavy atom. The fourth-order valence-corrected chi connectivity index (χ4v) is 4.53. The first-order chi connectivity index (χ1) is 14.4. The molecule has 0 bridgehead atoms. The molecule has 0 unspecified atom stereocenters. The summed E-state index contributed by atoms with van der Waals surface area (Å²) in [6.45, 7) is 3.31. The van der Waals surface area contributed by atoms with Crippen LogP contribution < -0.4 is 10.0 Å². The van der Waals surface area contributed by atoms with Crippen molar-refractivity contribution in [2.75, 3.05) is 4.72 Å². The topological polar surface area (TPSA) is 88.2 Å². The SMILES string of the molecule is CC(C)(NC(=O)c1ccc(S(=O)(=O)Nc2nccs2)cc1)c1ccc(C(F)(F)F)cc1. The average molecular weight is 470 g/mol. The molecule has 0 saturated heterocycles. The highest BCUT2D eigenvalue weighted by atomic mass is 32.2. The Hall–Kier alpha value is -2.92. The van der Waals surface area contributed by atoms with E-state index in [4.69, 9.17) is 0 Å². The fraction of sp³-hybridized carbons (Fsp3) is 0.200. The maximum Gasteiger partial charge on any atom is 0.416 e. The van der Waals surface area contributed by atoms with E-state index in [1.807, 2.05) is 0 Å². The standard InChI is InChI=1S/C20H18F3N3O3S2/c1-19(2,14-5-7-15(8-6-14)20(21,22)23)25-17(27)13-3-9-16(10-4-13)31(28,29)26-18-24-11-12-30-18/h3-12H,1-2H3,(H,24,26)(H,25,27). The van der Waals surface area contributed by atoms with Crippen LogP contribution in [0.1, 0.15) is 35.3 Å². The number of benzene rings is 2. The molecule has 31 heavy (non-hydrogen) atoms. The Balaban J connectivity index is 1.72. The van der Waals surface area contributed by atoms with Gasteiger partial charge >= 0.3 is 6.18 Å². The van der Waals surface area contributed by atoms with E-state index < -0.39 is 33.2 Å². The number of amides is 1. The lowest BCUT2D eigenvalue weighted by atomic mass is 9.93. The molecule has 1 aromatic heterocycles. The van der Waals surface area contributed by atoms with Crippen LogP contribution in [0, 0.1) is 0 Å². The minimum Gasteiger partial charge on any atom is -0.343 e. The zero-order valence-electron chi connectivity index (χ0n) is 16.4. The molecule has 6 nitrogen and oxygen atoms in total. The largest absolute Gasteiger partial charge is 0.416 e. The lowest BCUT2D eigenvalue weighted by Gasteiger charge is -2.27. The second-order valence-corrected chi connectivity index (χ2v) is 9.70. The van der Waals surface area contributed by atoms with E-state index in [1.165, 1.54) is 42.6 Å². The van der Waals surface area contributed by atoms with Crippen LogP contribution in [0.2, 0.25) is 0 Å². The number of anilines is 1. The van der Waals surface area contributed by atoms with Crippen molar-refractivity contribution < 1.29 is 26.4 Å². The number of hydrogen-bond donors (Lipinski definition) is 2. The molecule has 1 amide bonds. The monoisotopic (exact) mass is 469 g/mol. The third kappa shape index (κ3) is 5.42. The number of alkyl halides is 3. The summed E-state index contributed by atoms with van der Waals surface area (Å²) in [4.78, 5) is 16.4. The van der Waals surface area contributed by atoms with Gasteiger partial charge in [0.25, 0.3) is 15.9 Å². The van der Waals surface area contributed by atoms with Gasteiger partial charge in [-0.2, -0.15) is 13.2 Å². The van der Waals surface area contributed by atoms with Crippen molar-refractivity contribution in [2.24, 2.45) is 0 Å². The molecule has 3 rings (SSSR count). The predicted octanol–water partition coefficient (Wildman–Crippen LogP) is 4.63. The Morgan fingerprint density at radius 1 is 0.968 bits per heavy atom. The first-order valence-corrected chi connectivity index (χ1v) is 11.3. The third-order valence-corrected chi connectivity index (χ3v) is 6.61. The van der Waals surface area contributed by atoms with E-state index in [9.17, 15) is 26.4 Å². The number of sulfonamides is 1. The molecule has 2 N–H and O–H groups in total. The first kappa shape index (κ1) is 22.8. The minimum absolute atomic E-state index is 0.0405. The van der Waals surface area contributed by atoms with Crippen LogP contribution in [0.15, 0.2) is 65.0 Å². The van der Waals surface area contributed by atoms with Crippen molar-refractivity contribution in [1.82, 2.24) is 10.3 Å². The Kier molecular flexibility index (Phi) is 6.10. The molecule has 0 aliphatic heterocycles. The van der Waals surface area contributed by atoms with Gasteiger partial charge in [0.15, 0.2) is 5.13 Å². The smallest absolute Gasteiger partial charge is 0.343 e. The van der Waals surface area contributed by atoms with E-state index in [1.54, 1.807) is 19.2 Å². The van der Waals surface area contributed by atoms with Gasteiger partial charge in [0, 0.05) is 17.1 Å². The first-order valence-electron chi connectivity index (χ1n) is 8.91. The van der Waals surface area contributed by atoms with Gasteiger partial charge in [-0.05, 0) is 55.8 Å². The van der Waals surface area contributed by atoms with E-state index in [0.29, 0.717) is 5.56 Å². The van der Waals surface area contributed by atoms with E-state index in [0.717, 1.165) is 23.5 Å². The number of hydrogen-bond acceptors (Lipinski definition) is 5. The van der Waals surface area contributed by atoms with Crippen LogP contribution in [0.25, 0.3) is 0 Å². The number of halogens is 3. The molecule has 11 heteroatoms. The van der Waals surface area contributed by atoms with Gasteiger partial charge in [0.1, 0.15) is 0 Å². The van der Waals surface area contributed by atoms with Crippen molar-refractivity contribution >= 4 is 32.4 Å². The molecule has 0 aliphatic rings. The Bertz CT molecular complexity index is 1160. The van der Waals surface area contributed by atoms with Crippen LogP contribution in [0.3, 0.4) is 0 Å². The molecule has 2 aromatic carbocycles. The molecule has 0 spiro atoms. The summed E-state index contributed by atoms with van der Waals surface area (Å²) < 4.78 is 65.3. The van der Waals surface area contributed by atoms with Crippen molar-refractivity contribution in [1.29, 1.82) is 0 Å².